The van der Waals surface area contributed by atoms with Crippen LogP contribution in [0.2, 0.25) is 0 Å². The lowest BCUT2D eigenvalue weighted by atomic mass is 10.1. The molecular formula is C42H69NO7. The third-order valence-electron chi connectivity index (χ3n) is 7.84. The molecule has 0 aliphatic heterocycles. The Labute approximate surface area is 304 Å². The second-order valence-corrected chi connectivity index (χ2v) is 13.4. The molecule has 0 rings (SSSR count). The van der Waals surface area contributed by atoms with E-state index in [2.05, 4.69) is 74.6 Å². The SMILES string of the molecule is CC/C=C/C/C=C/C/C=C/C/C=C/C/C=C/CCC(=O)OCC(COCCC(C(=O)[O-])[N+](C)(C)C)OC(=O)CCCCCC/C=C/CCCC. The normalized spacial score (nSPS) is 13.9. The van der Waals surface area contributed by atoms with Crippen molar-refractivity contribution in [3.8, 4) is 0 Å². The Morgan fingerprint density at radius 2 is 1.16 bits per heavy atom. The van der Waals surface area contributed by atoms with E-state index in [1.54, 1.807) is 21.1 Å². The molecule has 0 bridgehead atoms. The van der Waals surface area contributed by atoms with Gasteiger partial charge in [-0.05, 0) is 64.2 Å². The fourth-order valence-corrected chi connectivity index (χ4v) is 4.86. The first-order chi connectivity index (χ1) is 24.1. The van der Waals surface area contributed by atoms with E-state index in [1.165, 1.54) is 12.8 Å². The number of carboxylic acid groups (broad SMARTS) is 1. The number of carboxylic acids is 1. The van der Waals surface area contributed by atoms with Crippen molar-refractivity contribution < 1.29 is 38.2 Å². The number of rotatable bonds is 32. The summed E-state index contributed by atoms with van der Waals surface area (Å²) in [5.41, 5.74) is 0. The summed E-state index contributed by atoms with van der Waals surface area (Å²) in [6.07, 6.45) is 39.5. The molecule has 0 aliphatic carbocycles. The molecule has 2 atom stereocenters. The summed E-state index contributed by atoms with van der Waals surface area (Å²) in [7, 11) is 5.36. The van der Waals surface area contributed by atoms with Crippen molar-refractivity contribution in [2.75, 3.05) is 41.0 Å². The quantitative estimate of drug-likeness (QED) is 0.0301. The maximum atomic E-state index is 12.6. The van der Waals surface area contributed by atoms with Crippen molar-refractivity contribution in [2.45, 2.75) is 135 Å². The van der Waals surface area contributed by atoms with Crippen LogP contribution in [0.25, 0.3) is 0 Å². The molecule has 50 heavy (non-hydrogen) atoms. The lowest BCUT2D eigenvalue weighted by Gasteiger charge is -2.34. The van der Waals surface area contributed by atoms with Gasteiger partial charge in [-0.25, -0.2) is 0 Å². The Morgan fingerprint density at radius 1 is 0.620 bits per heavy atom. The lowest BCUT2D eigenvalue weighted by Crippen LogP contribution is -2.55. The monoisotopic (exact) mass is 700 g/mol. The van der Waals surface area contributed by atoms with Crippen molar-refractivity contribution in [3.05, 3.63) is 72.9 Å². The number of unbranched alkanes of at least 4 members (excludes halogenated alkanes) is 6. The standard InChI is InChI=1S/C42H69NO7/c1-6-8-10-12-14-16-18-19-20-21-22-23-25-26-28-30-32-40(44)49-37-38(36-48-35-34-39(42(46)47)43(3,4)5)50-41(45)33-31-29-27-24-17-15-13-11-9-7-2/h8,10,13-16,19-20,22-23,26,28,38-39H,6-7,9,11-12,17-18,21,24-25,27,29-37H2,1-5H3/b10-8+,15-13+,16-14+,20-19+,23-22+,28-26+. The molecule has 8 heteroatoms. The molecule has 0 saturated heterocycles. The maximum Gasteiger partial charge on any atom is 0.306 e. The van der Waals surface area contributed by atoms with Crippen LogP contribution < -0.4 is 5.11 Å². The molecule has 0 N–H and O–H groups in total. The molecule has 8 nitrogen and oxygen atoms in total. The fourth-order valence-electron chi connectivity index (χ4n) is 4.86. The van der Waals surface area contributed by atoms with Gasteiger partial charge in [-0.3, -0.25) is 9.59 Å². The largest absolute Gasteiger partial charge is 0.544 e. The van der Waals surface area contributed by atoms with Gasteiger partial charge in [0.05, 0.1) is 40.3 Å². The second kappa shape index (κ2) is 32.9. The summed E-state index contributed by atoms with van der Waals surface area (Å²) in [4.78, 5) is 36.6. The van der Waals surface area contributed by atoms with Crippen LogP contribution in [-0.2, 0) is 28.6 Å². The number of esters is 2. The van der Waals surface area contributed by atoms with E-state index in [0.717, 1.165) is 70.6 Å². The number of hydrogen-bond acceptors (Lipinski definition) is 7. The van der Waals surface area contributed by atoms with Gasteiger partial charge in [0.25, 0.3) is 0 Å². The van der Waals surface area contributed by atoms with Crippen LogP contribution in [0, 0.1) is 0 Å². The number of carbonyl (C=O) groups is 3. The maximum absolute atomic E-state index is 12.6. The zero-order valence-corrected chi connectivity index (χ0v) is 32.0. The molecule has 0 aromatic rings. The Bertz CT molecular complexity index is 1050. The predicted molar refractivity (Wildman–Crippen MR) is 203 cm³/mol. The third kappa shape index (κ3) is 30.8. The van der Waals surface area contributed by atoms with E-state index in [4.69, 9.17) is 14.2 Å². The number of quaternary nitrogens is 1. The van der Waals surface area contributed by atoms with Crippen molar-refractivity contribution in [1.29, 1.82) is 0 Å². The van der Waals surface area contributed by atoms with Gasteiger partial charge in [0.15, 0.2) is 6.10 Å². The van der Waals surface area contributed by atoms with Crippen molar-refractivity contribution in [2.24, 2.45) is 0 Å². The van der Waals surface area contributed by atoms with Gasteiger partial charge in [-0.15, -0.1) is 0 Å². The number of hydrogen-bond donors (Lipinski definition) is 0. The van der Waals surface area contributed by atoms with Gasteiger partial charge in [-0.2, -0.15) is 0 Å². The summed E-state index contributed by atoms with van der Waals surface area (Å²) >= 11 is 0. The predicted octanol–water partition coefficient (Wildman–Crippen LogP) is 8.29. The van der Waals surface area contributed by atoms with Gasteiger partial charge in [0.2, 0.25) is 0 Å². The highest BCUT2D eigenvalue weighted by molar-refractivity contribution is 5.70. The van der Waals surface area contributed by atoms with E-state index in [1.807, 2.05) is 12.2 Å². The van der Waals surface area contributed by atoms with Crippen LogP contribution in [0.4, 0.5) is 0 Å². The topological polar surface area (TPSA) is 102 Å². The van der Waals surface area contributed by atoms with Gasteiger partial charge < -0.3 is 28.6 Å². The summed E-state index contributed by atoms with van der Waals surface area (Å²) < 4.78 is 17.0. The Balaban J connectivity index is 4.56. The number of allylic oxidation sites excluding steroid dienone is 12. The van der Waals surface area contributed by atoms with Crippen LogP contribution in [0.5, 0.6) is 0 Å². The van der Waals surface area contributed by atoms with Gasteiger partial charge in [0.1, 0.15) is 12.6 Å². The van der Waals surface area contributed by atoms with Crippen molar-refractivity contribution >= 4 is 17.9 Å². The fraction of sp³-hybridized carbons (Fsp3) is 0.643. The smallest absolute Gasteiger partial charge is 0.306 e. The first kappa shape index (κ1) is 46.8. The first-order valence-electron chi connectivity index (χ1n) is 19.0. The van der Waals surface area contributed by atoms with Crippen LogP contribution >= 0.6 is 0 Å². The average Bonchev–Trinajstić information content (AvgIpc) is 3.06. The molecule has 2 unspecified atom stereocenters. The van der Waals surface area contributed by atoms with Crippen LogP contribution in [0.3, 0.4) is 0 Å². The molecule has 0 amide bonds. The summed E-state index contributed by atoms with van der Waals surface area (Å²) in [5.74, 6) is -1.87. The Morgan fingerprint density at radius 3 is 1.72 bits per heavy atom. The highest BCUT2D eigenvalue weighted by atomic mass is 16.6. The third-order valence-corrected chi connectivity index (χ3v) is 7.84. The zero-order valence-electron chi connectivity index (χ0n) is 32.0. The van der Waals surface area contributed by atoms with E-state index in [0.29, 0.717) is 6.42 Å². The highest BCUT2D eigenvalue weighted by Crippen LogP contribution is 2.11. The molecule has 0 saturated carbocycles. The molecule has 0 spiro atoms. The van der Waals surface area contributed by atoms with Crippen molar-refractivity contribution in [3.63, 3.8) is 0 Å². The van der Waals surface area contributed by atoms with Crippen LogP contribution in [-0.4, -0.2) is 75.5 Å². The van der Waals surface area contributed by atoms with E-state index < -0.39 is 18.1 Å². The van der Waals surface area contributed by atoms with Gasteiger partial charge >= 0.3 is 11.9 Å². The minimum atomic E-state index is -1.14. The molecule has 284 valence electrons. The van der Waals surface area contributed by atoms with E-state index >= 15 is 0 Å². The van der Waals surface area contributed by atoms with Crippen LogP contribution in [0.15, 0.2) is 72.9 Å². The summed E-state index contributed by atoms with van der Waals surface area (Å²) in [5, 5.41) is 11.6. The highest BCUT2D eigenvalue weighted by Gasteiger charge is 2.25. The second-order valence-electron chi connectivity index (χ2n) is 13.4. The molecule has 0 radical (unpaired) electrons. The Hall–Kier alpha value is -3.23. The molecule has 0 fully saturated rings. The number of likely N-dealkylation sites (N-methyl/N-ethyl adjacent to an activating group) is 1. The van der Waals surface area contributed by atoms with Crippen LogP contribution in [0.1, 0.15) is 123 Å². The summed E-state index contributed by atoms with van der Waals surface area (Å²) in [6, 6.07) is -0.739. The van der Waals surface area contributed by atoms with Crippen molar-refractivity contribution in [1.82, 2.24) is 0 Å². The molecular weight excluding hydrogens is 630 g/mol. The van der Waals surface area contributed by atoms with Gasteiger partial charge in [-0.1, -0.05) is 112 Å². The van der Waals surface area contributed by atoms with E-state index in [-0.39, 0.29) is 55.5 Å². The number of nitrogens with zero attached hydrogens (tertiary/aromatic N) is 1. The Kier molecular flexibility index (Phi) is 30.8. The van der Waals surface area contributed by atoms with E-state index in [9.17, 15) is 19.5 Å². The molecule has 0 heterocycles. The zero-order chi connectivity index (χ0) is 37.1. The minimum Gasteiger partial charge on any atom is -0.544 e. The number of ether oxygens (including phenoxy) is 3. The average molecular weight is 700 g/mol. The summed E-state index contributed by atoms with van der Waals surface area (Å²) in [6.45, 7) is 4.37. The molecule has 0 aliphatic rings. The molecule has 0 aromatic heterocycles. The number of aliphatic carboxylic acids is 1. The number of carbonyl (C=O) groups excluding carboxylic acids is 3. The molecule has 0 aromatic carbocycles. The first-order valence-corrected chi connectivity index (χ1v) is 19.0. The lowest BCUT2D eigenvalue weighted by molar-refractivity contribution is -0.889. The van der Waals surface area contributed by atoms with Gasteiger partial charge in [0, 0.05) is 19.3 Å². The minimum absolute atomic E-state index is 0.00900.